The Morgan fingerprint density at radius 3 is 2.24 bits per heavy atom. The fraction of sp³-hybridized carbons (Fsp3) is 0.733. The van der Waals surface area contributed by atoms with Crippen molar-refractivity contribution in [1.29, 1.82) is 0 Å². The molecule has 0 radical (unpaired) electrons. The van der Waals surface area contributed by atoms with Crippen molar-refractivity contribution in [2.45, 2.75) is 45.8 Å². The third-order valence-corrected chi connectivity index (χ3v) is 2.58. The first-order valence-electron chi connectivity index (χ1n) is 6.98. The summed E-state index contributed by atoms with van der Waals surface area (Å²) in [5.74, 6) is -0.560. The van der Waals surface area contributed by atoms with E-state index >= 15 is 0 Å². The molecule has 2 unspecified atom stereocenters. The van der Waals surface area contributed by atoms with E-state index in [-0.39, 0.29) is 17.9 Å². The number of carbonyl (C=O) groups is 2. The van der Waals surface area contributed by atoms with Crippen LogP contribution in [0.3, 0.4) is 0 Å². The predicted octanol–water partition coefficient (Wildman–Crippen LogP) is 2.28. The Labute approximate surface area is 126 Å². The molecule has 0 aliphatic heterocycles. The molecule has 1 N–H and O–H groups in total. The highest BCUT2D eigenvalue weighted by atomic mass is 16.6. The molecule has 0 aromatic rings. The van der Waals surface area contributed by atoms with Gasteiger partial charge >= 0.3 is 12.1 Å². The molecule has 0 fully saturated rings. The second-order valence-electron chi connectivity index (χ2n) is 5.58. The lowest BCUT2D eigenvalue weighted by Crippen LogP contribution is -2.38. The van der Waals surface area contributed by atoms with Crippen molar-refractivity contribution in [3.8, 4) is 0 Å². The van der Waals surface area contributed by atoms with Gasteiger partial charge in [0.2, 0.25) is 0 Å². The molecule has 0 heterocycles. The SMILES string of the molecule is CCOC.COC(=O)C1C=CC(NC(=O)OC(C)(C)C)C1. The highest BCUT2D eigenvalue weighted by Gasteiger charge is 2.27. The van der Waals surface area contributed by atoms with Crippen LogP contribution in [0.2, 0.25) is 0 Å². The molecule has 122 valence electrons. The molecule has 0 saturated heterocycles. The summed E-state index contributed by atoms with van der Waals surface area (Å²) in [5, 5.41) is 2.69. The minimum Gasteiger partial charge on any atom is -0.469 e. The number of methoxy groups -OCH3 is 2. The molecule has 0 aromatic heterocycles. The van der Waals surface area contributed by atoms with Crippen molar-refractivity contribution < 1.29 is 23.8 Å². The molecule has 0 saturated carbocycles. The van der Waals surface area contributed by atoms with Gasteiger partial charge < -0.3 is 19.5 Å². The fourth-order valence-electron chi connectivity index (χ4n) is 1.59. The Morgan fingerprint density at radius 2 is 1.81 bits per heavy atom. The van der Waals surface area contributed by atoms with Crippen LogP contribution in [0.5, 0.6) is 0 Å². The van der Waals surface area contributed by atoms with Crippen molar-refractivity contribution in [2.24, 2.45) is 5.92 Å². The largest absolute Gasteiger partial charge is 0.469 e. The van der Waals surface area contributed by atoms with Gasteiger partial charge in [0.1, 0.15) is 5.60 Å². The van der Waals surface area contributed by atoms with Crippen molar-refractivity contribution in [1.82, 2.24) is 5.32 Å². The predicted molar refractivity (Wildman–Crippen MR) is 80.0 cm³/mol. The summed E-state index contributed by atoms with van der Waals surface area (Å²) >= 11 is 0. The topological polar surface area (TPSA) is 73.9 Å². The minimum absolute atomic E-state index is 0.172. The third kappa shape index (κ3) is 9.07. The lowest BCUT2D eigenvalue weighted by atomic mass is 10.1. The summed E-state index contributed by atoms with van der Waals surface area (Å²) in [7, 11) is 3.03. The van der Waals surface area contributed by atoms with Crippen LogP contribution in [0.15, 0.2) is 12.2 Å². The van der Waals surface area contributed by atoms with Crippen LogP contribution >= 0.6 is 0 Å². The molecule has 1 aliphatic rings. The van der Waals surface area contributed by atoms with Gasteiger partial charge in [-0.15, -0.1) is 0 Å². The zero-order chi connectivity index (χ0) is 16.5. The van der Waals surface area contributed by atoms with Gasteiger partial charge in [0, 0.05) is 13.7 Å². The molecule has 1 rings (SSSR count). The molecule has 0 aromatic carbocycles. The number of hydrogen-bond donors (Lipinski definition) is 1. The summed E-state index contributed by atoms with van der Waals surface area (Å²) in [6.45, 7) is 8.18. The zero-order valence-electron chi connectivity index (χ0n) is 13.8. The van der Waals surface area contributed by atoms with E-state index in [1.807, 2.05) is 6.92 Å². The van der Waals surface area contributed by atoms with Gasteiger partial charge in [0.05, 0.1) is 19.1 Å². The minimum atomic E-state index is -0.520. The van der Waals surface area contributed by atoms with Crippen molar-refractivity contribution in [3.05, 3.63) is 12.2 Å². The molecular formula is C15H27NO5. The first kappa shape index (κ1) is 19.4. The van der Waals surface area contributed by atoms with E-state index in [4.69, 9.17) is 4.74 Å². The van der Waals surface area contributed by atoms with Crippen LogP contribution in [0, 0.1) is 5.92 Å². The van der Waals surface area contributed by atoms with Crippen LogP contribution in [0.25, 0.3) is 0 Å². The maximum atomic E-state index is 11.5. The highest BCUT2D eigenvalue weighted by Crippen LogP contribution is 2.19. The quantitative estimate of drug-likeness (QED) is 0.639. The van der Waals surface area contributed by atoms with E-state index in [9.17, 15) is 9.59 Å². The van der Waals surface area contributed by atoms with Gasteiger partial charge in [0.15, 0.2) is 0 Å². The van der Waals surface area contributed by atoms with E-state index in [1.54, 1.807) is 40.0 Å². The summed E-state index contributed by atoms with van der Waals surface area (Å²) < 4.78 is 14.3. The summed E-state index contributed by atoms with van der Waals surface area (Å²) in [4.78, 5) is 22.7. The maximum Gasteiger partial charge on any atom is 0.408 e. The van der Waals surface area contributed by atoms with Gasteiger partial charge in [0.25, 0.3) is 0 Å². The maximum absolute atomic E-state index is 11.5. The molecule has 2 atom stereocenters. The molecule has 6 heteroatoms. The molecule has 6 nitrogen and oxygen atoms in total. The number of amides is 1. The molecular weight excluding hydrogens is 274 g/mol. The normalized spacial score (nSPS) is 20.3. The Balaban J connectivity index is 0.000000885. The first-order chi connectivity index (χ1) is 9.73. The molecule has 0 spiro atoms. The second-order valence-corrected chi connectivity index (χ2v) is 5.58. The van der Waals surface area contributed by atoms with Crippen LogP contribution in [-0.4, -0.2) is 44.5 Å². The van der Waals surface area contributed by atoms with E-state index in [2.05, 4.69) is 14.8 Å². The fourth-order valence-corrected chi connectivity index (χ4v) is 1.59. The molecule has 1 amide bonds. The van der Waals surface area contributed by atoms with Gasteiger partial charge in [-0.3, -0.25) is 4.79 Å². The number of esters is 1. The van der Waals surface area contributed by atoms with Gasteiger partial charge in [-0.1, -0.05) is 12.2 Å². The van der Waals surface area contributed by atoms with Crippen LogP contribution in [0.1, 0.15) is 34.1 Å². The summed E-state index contributed by atoms with van der Waals surface area (Å²) in [6.07, 6.45) is 3.57. The second kappa shape index (κ2) is 9.39. The van der Waals surface area contributed by atoms with Crippen LogP contribution in [-0.2, 0) is 19.0 Å². The number of rotatable bonds is 3. The van der Waals surface area contributed by atoms with Crippen LogP contribution < -0.4 is 5.32 Å². The number of ether oxygens (including phenoxy) is 3. The Morgan fingerprint density at radius 1 is 1.24 bits per heavy atom. The summed E-state index contributed by atoms with van der Waals surface area (Å²) in [5.41, 5.74) is -0.520. The Kier molecular flexibility index (Phi) is 8.69. The molecule has 0 bridgehead atoms. The van der Waals surface area contributed by atoms with Gasteiger partial charge in [-0.2, -0.15) is 0 Å². The van der Waals surface area contributed by atoms with Crippen molar-refractivity contribution in [3.63, 3.8) is 0 Å². The van der Waals surface area contributed by atoms with Gasteiger partial charge in [-0.05, 0) is 34.1 Å². The number of alkyl carbamates (subject to hydrolysis) is 1. The first-order valence-corrected chi connectivity index (χ1v) is 6.98. The van der Waals surface area contributed by atoms with Gasteiger partial charge in [-0.25, -0.2) is 4.79 Å². The lowest BCUT2D eigenvalue weighted by molar-refractivity contribution is -0.143. The monoisotopic (exact) mass is 301 g/mol. The lowest BCUT2D eigenvalue weighted by Gasteiger charge is -2.21. The van der Waals surface area contributed by atoms with Crippen molar-refractivity contribution >= 4 is 12.1 Å². The standard InChI is InChI=1S/C12H19NO4.C3H8O/c1-12(2,3)17-11(15)13-9-6-5-8(7-9)10(14)16-4;1-3-4-2/h5-6,8-9H,7H2,1-4H3,(H,13,15);3H2,1-2H3. The van der Waals surface area contributed by atoms with Crippen LogP contribution in [0.4, 0.5) is 4.79 Å². The van der Waals surface area contributed by atoms with Crippen molar-refractivity contribution in [2.75, 3.05) is 20.8 Å². The number of nitrogens with one attached hydrogen (secondary N) is 1. The van der Waals surface area contributed by atoms with E-state index in [1.165, 1.54) is 7.11 Å². The number of carbonyl (C=O) groups excluding carboxylic acids is 2. The Bertz CT molecular complexity index is 358. The van der Waals surface area contributed by atoms with E-state index in [0.717, 1.165) is 6.61 Å². The zero-order valence-corrected chi connectivity index (χ0v) is 13.8. The number of hydrogen-bond acceptors (Lipinski definition) is 5. The van der Waals surface area contributed by atoms with E-state index < -0.39 is 11.7 Å². The third-order valence-electron chi connectivity index (χ3n) is 2.58. The van der Waals surface area contributed by atoms with E-state index in [0.29, 0.717) is 6.42 Å². The smallest absolute Gasteiger partial charge is 0.408 e. The Hall–Kier alpha value is -1.56. The summed E-state index contributed by atoms with van der Waals surface area (Å²) in [6, 6.07) is -0.172. The highest BCUT2D eigenvalue weighted by molar-refractivity contribution is 5.75. The average Bonchev–Trinajstić information content (AvgIpc) is 2.84. The average molecular weight is 301 g/mol. The molecule has 21 heavy (non-hydrogen) atoms. The molecule has 1 aliphatic carbocycles.